The summed E-state index contributed by atoms with van der Waals surface area (Å²) < 4.78 is 41.9. The molecule has 2 unspecified atom stereocenters. The Labute approximate surface area is 322 Å². The second kappa shape index (κ2) is 15.4. The fourth-order valence-electron chi connectivity index (χ4n) is 8.64. The van der Waals surface area contributed by atoms with Gasteiger partial charge in [-0.1, -0.05) is 83.2 Å². The number of hydrogen-bond donors (Lipinski definition) is 0. The molecule has 56 heavy (non-hydrogen) atoms. The van der Waals surface area contributed by atoms with Crippen LogP contribution in [-0.4, -0.2) is 65.5 Å². The van der Waals surface area contributed by atoms with Gasteiger partial charge in [0.1, 0.15) is 11.6 Å². The van der Waals surface area contributed by atoms with E-state index < -0.39 is 11.7 Å². The van der Waals surface area contributed by atoms with E-state index in [0.717, 1.165) is 65.9 Å². The normalized spacial score (nSPS) is 19.1. The Morgan fingerprint density at radius 2 is 1.16 bits per heavy atom. The fraction of sp³-hybridized carbons (Fsp3) is 0.372. The van der Waals surface area contributed by atoms with Crippen molar-refractivity contribution in [1.29, 1.82) is 0 Å². The highest BCUT2D eigenvalue weighted by Crippen LogP contribution is 2.42. The summed E-state index contributed by atoms with van der Waals surface area (Å²) in [4.78, 5) is 40.2. The Bertz CT molecular complexity index is 2260. The number of hydrogen-bond acceptors (Lipinski definition) is 7. The van der Waals surface area contributed by atoms with Gasteiger partial charge < -0.3 is 4.90 Å². The molecule has 0 spiro atoms. The summed E-state index contributed by atoms with van der Waals surface area (Å²) in [6.45, 7) is 4.96. The number of amides is 1. The molecule has 1 aliphatic carbocycles. The molecule has 5 aromatic rings. The zero-order valence-corrected chi connectivity index (χ0v) is 30.9. The number of likely N-dealkylation sites (tertiary alicyclic amines) is 1. The smallest absolute Gasteiger partial charge is 0.342 e. The third kappa shape index (κ3) is 7.46. The molecule has 288 valence electrons. The van der Waals surface area contributed by atoms with Crippen LogP contribution in [0, 0.1) is 11.8 Å². The van der Waals surface area contributed by atoms with Crippen LogP contribution in [-0.2, 0) is 27.0 Å². The molecule has 2 fully saturated rings. The average Bonchev–Trinajstić information content (AvgIpc) is 4.00. The molecule has 0 bridgehead atoms. The SMILES string of the molecule is C=C1CCC(C(=O)CC2c3ccccc3-c3cnnn32)CC1.O=C(CC1c2ccccc2-c2cnnn21)C1CCN(C(=O)Cc2ccc(C(F)(F)F)cc2)CC1. The van der Waals surface area contributed by atoms with E-state index in [1.54, 1.807) is 17.3 Å². The van der Waals surface area contributed by atoms with Crippen LogP contribution in [0.1, 0.15) is 85.7 Å². The molecular weight excluding hydrogens is 720 g/mol. The van der Waals surface area contributed by atoms with Crippen molar-refractivity contribution in [2.45, 2.75) is 76.0 Å². The van der Waals surface area contributed by atoms with Crippen molar-refractivity contribution in [3.63, 3.8) is 0 Å². The van der Waals surface area contributed by atoms with Crippen molar-refractivity contribution in [3.05, 3.63) is 120 Å². The van der Waals surface area contributed by atoms with Gasteiger partial charge >= 0.3 is 6.18 Å². The lowest BCUT2D eigenvalue weighted by molar-refractivity contribution is -0.137. The van der Waals surface area contributed by atoms with E-state index in [0.29, 0.717) is 50.1 Å². The maximum atomic E-state index is 13.1. The van der Waals surface area contributed by atoms with Crippen LogP contribution in [0.3, 0.4) is 0 Å². The number of nitrogens with zero attached hydrogens (tertiary/aromatic N) is 7. The maximum absolute atomic E-state index is 13.1. The molecule has 3 aromatic carbocycles. The largest absolute Gasteiger partial charge is 0.416 e. The minimum atomic E-state index is -4.40. The molecule has 4 aliphatic rings. The van der Waals surface area contributed by atoms with E-state index in [-0.39, 0.29) is 42.0 Å². The highest BCUT2D eigenvalue weighted by Gasteiger charge is 2.36. The molecule has 1 amide bonds. The predicted octanol–water partition coefficient (Wildman–Crippen LogP) is 7.86. The summed E-state index contributed by atoms with van der Waals surface area (Å²) in [6, 6.07) is 20.7. The third-order valence-corrected chi connectivity index (χ3v) is 11.8. The number of benzene rings is 3. The summed E-state index contributed by atoms with van der Waals surface area (Å²) >= 11 is 0. The van der Waals surface area contributed by atoms with Gasteiger partial charge in [-0.15, -0.1) is 10.2 Å². The molecule has 2 atom stereocenters. The molecule has 0 N–H and O–H groups in total. The van der Waals surface area contributed by atoms with Crippen molar-refractivity contribution in [3.8, 4) is 22.5 Å². The van der Waals surface area contributed by atoms with E-state index in [2.05, 4.69) is 39.3 Å². The van der Waals surface area contributed by atoms with Crippen LogP contribution in [0.15, 0.2) is 97.3 Å². The Morgan fingerprint density at radius 1 is 0.679 bits per heavy atom. The standard InChI is InChI=1S/C25H23F3N4O2.C18H19N3O/c26-25(27,28)18-7-5-16(6-8-18)13-24(34)31-11-9-17(10-12-31)23(33)14-21-19-3-1-2-4-20(19)22-15-29-30-32(21)22;1-12-6-8-13(9-7-12)18(22)10-16-14-4-2-3-5-15(14)17-11-19-20-21(16)17/h1-8,15,17,21H,9-14H2;2-5,11,13,16H,1,6-10H2. The molecular formula is C43H42F3N7O3. The summed E-state index contributed by atoms with van der Waals surface area (Å²) in [5, 5.41) is 16.4. The lowest BCUT2D eigenvalue weighted by Gasteiger charge is -2.32. The lowest BCUT2D eigenvalue weighted by atomic mass is 9.82. The summed E-state index contributed by atoms with van der Waals surface area (Å²) in [7, 11) is 0. The molecule has 9 rings (SSSR count). The monoisotopic (exact) mass is 761 g/mol. The minimum absolute atomic E-state index is 0.00586. The van der Waals surface area contributed by atoms with Gasteiger partial charge in [0.25, 0.3) is 0 Å². The van der Waals surface area contributed by atoms with Crippen LogP contribution < -0.4 is 0 Å². The van der Waals surface area contributed by atoms with Crippen LogP contribution in [0.25, 0.3) is 22.5 Å². The van der Waals surface area contributed by atoms with Crippen LogP contribution in [0.5, 0.6) is 0 Å². The second-order valence-electron chi connectivity index (χ2n) is 15.2. The van der Waals surface area contributed by atoms with Gasteiger partial charge in [0.2, 0.25) is 5.91 Å². The molecule has 1 saturated heterocycles. The molecule has 13 heteroatoms. The number of aromatic nitrogens is 6. The number of fused-ring (bicyclic) bond motifs is 6. The zero-order chi connectivity index (χ0) is 39.0. The second-order valence-corrected chi connectivity index (χ2v) is 15.2. The minimum Gasteiger partial charge on any atom is -0.342 e. The van der Waals surface area contributed by atoms with E-state index in [4.69, 9.17) is 0 Å². The number of halogens is 3. The molecule has 3 aliphatic heterocycles. The highest BCUT2D eigenvalue weighted by atomic mass is 19.4. The number of alkyl halides is 3. The Morgan fingerprint density at radius 3 is 1.66 bits per heavy atom. The number of ketones is 2. The number of rotatable bonds is 8. The summed E-state index contributed by atoms with van der Waals surface area (Å²) in [5.74, 6) is 0.427. The first-order chi connectivity index (χ1) is 27.0. The first-order valence-corrected chi connectivity index (χ1v) is 19.2. The average molecular weight is 762 g/mol. The molecule has 10 nitrogen and oxygen atoms in total. The van der Waals surface area contributed by atoms with Crippen molar-refractivity contribution < 1.29 is 27.6 Å². The van der Waals surface area contributed by atoms with Gasteiger partial charge in [-0.25, -0.2) is 9.36 Å². The van der Waals surface area contributed by atoms with E-state index in [9.17, 15) is 27.6 Å². The summed E-state index contributed by atoms with van der Waals surface area (Å²) in [5.41, 5.74) is 7.50. The molecule has 5 heterocycles. The van der Waals surface area contributed by atoms with Gasteiger partial charge in [0.15, 0.2) is 0 Å². The van der Waals surface area contributed by atoms with E-state index in [1.807, 2.05) is 45.8 Å². The molecule has 1 saturated carbocycles. The van der Waals surface area contributed by atoms with Gasteiger partial charge in [-0.3, -0.25) is 14.4 Å². The van der Waals surface area contributed by atoms with Crippen molar-refractivity contribution in [2.75, 3.05) is 13.1 Å². The quantitative estimate of drug-likeness (QED) is 0.148. The Kier molecular flexibility index (Phi) is 10.3. The van der Waals surface area contributed by atoms with E-state index >= 15 is 0 Å². The lowest BCUT2D eigenvalue weighted by Crippen LogP contribution is -2.41. The topological polar surface area (TPSA) is 116 Å². The van der Waals surface area contributed by atoms with Gasteiger partial charge in [0.05, 0.1) is 47.8 Å². The number of piperidine rings is 1. The van der Waals surface area contributed by atoms with Gasteiger partial charge in [0, 0.05) is 48.9 Å². The Balaban J connectivity index is 0.000000172. The van der Waals surface area contributed by atoms with Crippen molar-refractivity contribution >= 4 is 17.5 Å². The van der Waals surface area contributed by atoms with Crippen LogP contribution >= 0.6 is 0 Å². The van der Waals surface area contributed by atoms with E-state index in [1.165, 1.54) is 23.3 Å². The fourth-order valence-corrected chi connectivity index (χ4v) is 8.64. The first-order valence-electron chi connectivity index (χ1n) is 19.2. The number of allylic oxidation sites excluding steroid dienone is 1. The maximum Gasteiger partial charge on any atom is 0.416 e. The van der Waals surface area contributed by atoms with Gasteiger partial charge in [-0.05, 0) is 67.3 Å². The van der Waals surface area contributed by atoms with Crippen LogP contribution in [0.4, 0.5) is 13.2 Å². The van der Waals surface area contributed by atoms with Crippen LogP contribution in [0.2, 0.25) is 0 Å². The zero-order valence-electron chi connectivity index (χ0n) is 30.9. The Hall–Kier alpha value is -5.72. The number of carbonyl (C=O) groups is 3. The van der Waals surface area contributed by atoms with Crippen molar-refractivity contribution in [2.24, 2.45) is 11.8 Å². The number of Topliss-reactive ketones (excluding diaryl/α,β-unsaturated/α-hetero) is 2. The van der Waals surface area contributed by atoms with Crippen molar-refractivity contribution in [1.82, 2.24) is 34.9 Å². The first kappa shape index (κ1) is 37.2. The molecule has 0 radical (unpaired) electrons. The highest BCUT2D eigenvalue weighted by molar-refractivity contribution is 5.85. The summed E-state index contributed by atoms with van der Waals surface area (Å²) in [6.07, 6.45) is 5.05. The third-order valence-electron chi connectivity index (χ3n) is 11.8. The predicted molar refractivity (Wildman–Crippen MR) is 202 cm³/mol. The molecule has 2 aromatic heterocycles. The number of carbonyl (C=O) groups excluding carboxylic acids is 3. The van der Waals surface area contributed by atoms with Gasteiger partial charge in [-0.2, -0.15) is 13.2 Å².